The highest BCUT2D eigenvalue weighted by Crippen LogP contribution is 2.25. The van der Waals surface area contributed by atoms with E-state index in [1.54, 1.807) is 18.0 Å². The summed E-state index contributed by atoms with van der Waals surface area (Å²) >= 11 is 0. The molecule has 0 atom stereocenters. The second-order valence-corrected chi connectivity index (χ2v) is 6.42. The molecule has 28 heavy (non-hydrogen) atoms. The van der Waals surface area contributed by atoms with Crippen molar-refractivity contribution in [3.8, 4) is 5.75 Å². The van der Waals surface area contributed by atoms with Gasteiger partial charge in [0.05, 0.1) is 18.7 Å². The lowest BCUT2D eigenvalue weighted by molar-refractivity contribution is 0.415. The normalized spacial score (nSPS) is 10.8. The third-order valence-corrected chi connectivity index (χ3v) is 4.48. The highest BCUT2D eigenvalue weighted by molar-refractivity contribution is 5.89. The number of aromatic nitrogens is 4. The summed E-state index contributed by atoms with van der Waals surface area (Å²) in [5.74, 6) is 2.09. The Morgan fingerprint density at radius 2 is 1.79 bits per heavy atom. The number of benzene rings is 2. The van der Waals surface area contributed by atoms with E-state index < -0.39 is 0 Å². The first-order valence-corrected chi connectivity index (χ1v) is 9.11. The molecule has 0 radical (unpaired) electrons. The number of ether oxygens (including phenoxy) is 1. The standard InChI is InChI=1S/C21H22N6O/c1-27-20-18(14-23-27)19(24-16-8-10-17(28-2)11-9-16)25-21(26-20)22-13-12-15-6-4-3-5-7-15/h3-11,14H,12-13H2,1-2H3,(H2,22,24,25,26). The molecule has 0 saturated carbocycles. The lowest BCUT2D eigenvalue weighted by atomic mass is 10.1. The van der Waals surface area contributed by atoms with E-state index in [9.17, 15) is 0 Å². The number of rotatable bonds is 7. The van der Waals surface area contributed by atoms with Crippen LogP contribution in [0, 0.1) is 0 Å². The molecule has 0 spiro atoms. The molecule has 0 unspecified atom stereocenters. The number of aryl methyl sites for hydroxylation is 1. The van der Waals surface area contributed by atoms with Crippen LogP contribution in [0.1, 0.15) is 5.56 Å². The zero-order chi connectivity index (χ0) is 19.3. The summed E-state index contributed by atoms with van der Waals surface area (Å²) in [5.41, 5.74) is 2.96. The topological polar surface area (TPSA) is 76.9 Å². The molecule has 0 fully saturated rings. The van der Waals surface area contributed by atoms with Gasteiger partial charge in [0.2, 0.25) is 5.95 Å². The van der Waals surface area contributed by atoms with Gasteiger partial charge in [-0.05, 0) is 36.2 Å². The van der Waals surface area contributed by atoms with Crippen LogP contribution in [-0.2, 0) is 13.5 Å². The number of nitrogens with zero attached hydrogens (tertiary/aromatic N) is 4. The Morgan fingerprint density at radius 3 is 2.54 bits per heavy atom. The van der Waals surface area contributed by atoms with Crippen LogP contribution in [0.15, 0.2) is 60.8 Å². The number of anilines is 3. The quantitative estimate of drug-likeness (QED) is 0.513. The van der Waals surface area contributed by atoms with Gasteiger partial charge in [0.15, 0.2) is 5.65 Å². The predicted molar refractivity (Wildman–Crippen MR) is 111 cm³/mol. The van der Waals surface area contributed by atoms with E-state index >= 15 is 0 Å². The van der Waals surface area contributed by atoms with Crippen LogP contribution in [-0.4, -0.2) is 33.4 Å². The Bertz CT molecular complexity index is 1060. The fourth-order valence-corrected chi connectivity index (χ4v) is 2.97. The van der Waals surface area contributed by atoms with Gasteiger partial charge in [0, 0.05) is 19.3 Å². The van der Waals surface area contributed by atoms with E-state index in [1.807, 2.05) is 49.5 Å². The minimum absolute atomic E-state index is 0.572. The number of fused-ring (bicyclic) bond motifs is 1. The Kier molecular flexibility index (Phi) is 5.05. The van der Waals surface area contributed by atoms with Crippen LogP contribution < -0.4 is 15.4 Å². The second kappa shape index (κ2) is 7.96. The largest absolute Gasteiger partial charge is 0.497 e. The lowest BCUT2D eigenvalue weighted by Gasteiger charge is -2.11. The van der Waals surface area contributed by atoms with E-state index in [0.29, 0.717) is 11.8 Å². The molecule has 2 aromatic carbocycles. The molecular weight excluding hydrogens is 352 g/mol. The molecule has 7 nitrogen and oxygen atoms in total. The van der Waals surface area contributed by atoms with Crippen molar-refractivity contribution < 1.29 is 4.74 Å². The van der Waals surface area contributed by atoms with Crippen molar-refractivity contribution in [2.45, 2.75) is 6.42 Å². The summed E-state index contributed by atoms with van der Waals surface area (Å²) in [4.78, 5) is 9.28. The first kappa shape index (κ1) is 17.8. The van der Waals surface area contributed by atoms with E-state index in [2.05, 4.69) is 37.8 Å². The molecule has 7 heteroatoms. The van der Waals surface area contributed by atoms with Gasteiger partial charge in [-0.2, -0.15) is 15.1 Å². The molecule has 0 aliphatic heterocycles. The zero-order valence-corrected chi connectivity index (χ0v) is 15.9. The van der Waals surface area contributed by atoms with Gasteiger partial charge in [-0.25, -0.2) is 0 Å². The first-order valence-electron chi connectivity index (χ1n) is 9.11. The Labute approximate surface area is 163 Å². The van der Waals surface area contributed by atoms with Crippen LogP contribution in [0.25, 0.3) is 11.0 Å². The molecule has 0 aliphatic carbocycles. The van der Waals surface area contributed by atoms with Crippen LogP contribution in [0.3, 0.4) is 0 Å². The zero-order valence-electron chi connectivity index (χ0n) is 15.9. The van der Waals surface area contributed by atoms with Gasteiger partial charge in [0.25, 0.3) is 0 Å². The van der Waals surface area contributed by atoms with Crippen molar-refractivity contribution in [1.29, 1.82) is 0 Å². The maximum atomic E-state index is 5.22. The molecule has 2 aromatic heterocycles. The van der Waals surface area contributed by atoms with Crippen molar-refractivity contribution in [2.75, 3.05) is 24.3 Å². The molecule has 0 saturated heterocycles. The molecule has 142 valence electrons. The van der Waals surface area contributed by atoms with Crippen molar-refractivity contribution in [3.05, 3.63) is 66.4 Å². The van der Waals surface area contributed by atoms with Gasteiger partial charge in [-0.1, -0.05) is 30.3 Å². The smallest absolute Gasteiger partial charge is 0.226 e. The van der Waals surface area contributed by atoms with Crippen LogP contribution >= 0.6 is 0 Å². The van der Waals surface area contributed by atoms with Gasteiger partial charge in [-0.3, -0.25) is 4.68 Å². The maximum absolute atomic E-state index is 5.22. The SMILES string of the molecule is COc1ccc(Nc2nc(NCCc3ccccc3)nc3c2cnn3C)cc1. The monoisotopic (exact) mass is 374 g/mol. The summed E-state index contributed by atoms with van der Waals surface area (Å²) in [6, 6.07) is 18.1. The Hall–Kier alpha value is -3.61. The second-order valence-electron chi connectivity index (χ2n) is 6.42. The van der Waals surface area contributed by atoms with Crippen molar-refractivity contribution >= 4 is 28.5 Å². The summed E-state index contributed by atoms with van der Waals surface area (Å²) in [6.45, 7) is 0.745. The highest BCUT2D eigenvalue weighted by Gasteiger charge is 2.12. The molecule has 2 heterocycles. The fourth-order valence-electron chi connectivity index (χ4n) is 2.97. The van der Waals surface area contributed by atoms with E-state index in [0.717, 1.165) is 35.4 Å². The summed E-state index contributed by atoms with van der Waals surface area (Å²) in [7, 11) is 3.53. The van der Waals surface area contributed by atoms with E-state index in [-0.39, 0.29) is 0 Å². The molecule has 0 bridgehead atoms. The van der Waals surface area contributed by atoms with Gasteiger partial charge in [0.1, 0.15) is 11.6 Å². The van der Waals surface area contributed by atoms with Gasteiger partial charge >= 0.3 is 0 Å². The predicted octanol–water partition coefficient (Wildman–Crippen LogP) is 3.77. The molecule has 0 amide bonds. The summed E-state index contributed by atoms with van der Waals surface area (Å²) in [6.07, 6.45) is 2.67. The molecule has 4 rings (SSSR count). The number of nitrogens with one attached hydrogen (secondary N) is 2. The van der Waals surface area contributed by atoms with Gasteiger partial charge < -0.3 is 15.4 Å². The lowest BCUT2D eigenvalue weighted by Crippen LogP contribution is -2.10. The van der Waals surface area contributed by atoms with Crippen molar-refractivity contribution in [1.82, 2.24) is 19.7 Å². The number of methoxy groups -OCH3 is 1. The third-order valence-electron chi connectivity index (χ3n) is 4.48. The minimum atomic E-state index is 0.572. The summed E-state index contributed by atoms with van der Waals surface area (Å²) in [5, 5.41) is 11.9. The van der Waals surface area contributed by atoms with Crippen molar-refractivity contribution in [2.24, 2.45) is 7.05 Å². The third kappa shape index (κ3) is 3.88. The Balaban J connectivity index is 1.56. The Morgan fingerprint density at radius 1 is 1.00 bits per heavy atom. The van der Waals surface area contributed by atoms with Crippen LogP contribution in [0.5, 0.6) is 5.75 Å². The highest BCUT2D eigenvalue weighted by atomic mass is 16.5. The fraction of sp³-hybridized carbons (Fsp3) is 0.190. The molecule has 0 aliphatic rings. The maximum Gasteiger partial charge on any atom is 0.226 e. The first-order chi connectivity index (χ1) is 13.7. The average molecular weight is 374 g/mol. The molecule has 4 aromatic rings. The van der Waals surface area contributed by atoms with Crippen LogP contribution in [0.2, 0.25) is 0 Å². The van der Waals surface area contributed by atoms with Crippen LogP contribution in [0.4, 0.5) is 17.5 Å². The number of hydrogen-bond acceptors (Lipinski definition) is 6. The number of hydrogen-bond donors (Lipinski definition) is 2. The molecular formula is C21H22N6O. The van der Waals surface area contributed by atoms with E-state index in [4.69, 9.17) is 4.74 Å². The van der Waals surface area contributed by atoms with Gasteiger partial charge in [-0.15, -0.1) is 0 Å². The molecule has 2 N–H and O–H groups in total. The summed E-state index contributed by atoms with van der Waals surface area (Å²) < 4.78 is 6.96. The average Bonchev–Trinajstić information content (AvgIpc) is 3.11. The van der Waals surface area contributed by atoms with Crippen molar-refractivity contribution in [3.63, 3.8) is 0 Å². The van der Waals surface area contributed by atoms with E-state index in [1.165, 1.54) is 5.56 Å². The minimum Gasteiger partial charge on any atom is -0.497 e.